The van der Waals surface area contributed by atoms with Crippen LogP contribution in [0.2, 0.25) is 0 Å². The van der Waals surface area contributed by atoms with Gasteiger partial charge in [-0.15, -0.1) is 0 Å². The van der Waals surface area contributed by atoms with Crippen LogP contribution < -0.4 is 0 Å². The van der Waals surface area contributed by atoms with Crippen molar-refractivity contribution in [1.29, 1.82) is 0 Å². The molecular weight excluding hydrogens is 290 g/mol. The van der Waals surface area contributed by atoms with Crippen LogP contribution in [-0.2, 0) is 11.3 Å². The number of carbonyl (C=O) groups is 1. The third-order valence-electron chi connectivity index (χ3n) is 4.26. The Kier molecular flexibility index (Phi) is 2.84. The van der Waals surface area contributed by atoms with E-state index in [2.05, 4.69) is 0 Å². The summed E-state index contributed by atoms with van der Waals surface area (Å²) in [5, 5.41) is 10.2. The van der Waals surface area contributed by atoms with Crippen LogP contribution in [-0.4, -0.2) is 25.6 Å². The second-order valence-electron chi connectivity index (χ2n) is 5.82. The Bertz CT molecular complexity index is 1100. The van der Waals surface area contributed by atoms with Crippen LogP contribution in [0.1, 0.15) is 11.1 Å². The predicted molar refractivity (Wildman–Crippen MR) is 89.6 cm³/mol. The molecule has 4 rings (SSSR count). The van der Waals surface area contributed by atoms with Crippen molar-refractivity contribution in [2.24, 2.45) is 0 Å². The molecule has 0 radical (unpaired) electrons. The van der Waals surface area contributed by atoms with E-state index in [1.807, 2.05) is 50.2 Å². The highest BCUT2D eigenvalue weighted by Crippen LogP contribution is 2.28. The Labute approximate surface area is 132 Å². The molecule has 0 bridgehead atoms. The van der Waals surface area contributed by atoms with Gasteiger partial charge in [0.25, 0.3) is 0 Å². The maximum Gasteiger partial charge on any atom is 0.323 e. The SMILES string of the molecule is Cc1cc2nc3c4ccccc4n(CC(=O)O)c3nc2cc1C. The smallest absolute Gasteiger partial charge is 0.323 e. The molecule has 0 amide bonds. The van der Waals surface area contributed by atoms with Crippen LogP contribution in [0.15, 0.2) is 36.4 Å². The summed E-state index contributed by atoms with van der Waals surface area (Å²) < 4.78 is 1.72. The van der Waals surface area contributed by atoms with Crippen LogP contribution in [0.25, 0.3) is 33.1 Å². The van der Waals surface area contributed by atoms with Gasteiger partial charge in [0.1, 0.15) is 12.1 Å². The Morgan fingerprint density at radius 1 is 1.09 bits per heavy atom. The Morgan fingerprint density at radius 2 is 1.74 bits per heavy atom. The first kappa shape index (κ1) is 13.7. The molecule has 0 saturated carbocycles. The molecule has 0 fully saturated rings. The molecule has 114 valence electrons. The molecule has 23 heavy (non-hydrogen) atoms. The highest BCUT2D eigenvalue weighted by Gasteiger charge is 2.16. The van der Waals surface area contributed by atoms with Gasteiger partial charge >= 0.3 is 5.97 Å². The number of hydrogen-bond donors (Lipinski definition) is 1. The van der Waals surface area contributed by atoms with Gasteiger partial charge in [0.2, 0.25) is 0 Å². The topological polar surface area (TPSA) is 68.0 Å². The lowest BCUT2D eigenvalue weighted by molar-refractivity contribution is -0.137. The lowest BCUT2D eigenvalue weighted by atomic mass is 10.1. The van der Waals surface area contributed by atoms with E-state index in [9.17, 15) is 9.90 Å². The second-order valence-corrected chi connectivity index (χ2v) is 5.82. The van der Waals surface area contributed by atoms with Crippen LogP contribution >= 0.6 is 0 Å². The molecule has 0 saturated heterocycles. The zero-order valence-corrected chi connectivity index (χ0v) is 12.9. The zero-order valence-electron chi connectivity index (χ0n) is 12.9. The number of para-hydroxylation sites is 1. The Morgan fingerprint density at radius 3 is 2.43 bits per heavy atom. The summed E-state index contributed by atoms with van der Waals surface area (Å²) in [7, 11) is 0. The van der Waals surface area contributed by atoms with Crippen molar-refractivity contribution in [3.05, 3.63) is 47.5 Å². The minimum atomic E-state index is -0.894. The molecule has 0 aliphatic rings. The normalized spacial score (nSPS) is 11.6. The highest BCUT2D eigenvalue weighted by molar-refractivity contribution is 6.06. The molecule has 1 N–H and O–H groups in total. The Balaban J connectivity index is 2.18. The van der Waals surface area contributed by atoms with Gasteiger partial charge in [0, 0.05) is 5.39 Å². The second kappa shape index (κ2) is 4.78. The van der Waals surface area contributed by atoms with Crippen molar-refractivity contribution in [3.63, 3.8) is 0 Å². The van der Waals surface area contributed by atoms with Gasteiger partial charge in [-0.2, -0.15) is 0 Å². The highest BCUT2D eigenvalue weighted by atomic mass is 16.4. The number of carboxylic acid groups (broad SMARTS) is 1. The molecular formula is C18H15N3O2. The summed E-state index contributed by atoms with van der Waals surface area (Å²) in [6.07, 6.45) is 0. The molecule has 0 atom stereocenters. The van der Waals surface area contributed by atoms with E-state index in [1.165, 1.54) is 5.56 Å². The number of aromatic nitrogens is 3. The average molecular weight is 305 g/mol. The Hall–Kier alpha value is -2.95. The van der Waals surface area contributed by atoms with Gasteiger partial charge in [0.05, 0.1) is 16.6 Å². The summed E-state index contributed by atoms with van der Waals surface area (Å²) in [6.45, 7) is 3.96. The molecule has 0 aliphatic carbocycles. The number of aryl methyl sites for hydroxylation is 2. The lowest BCUT2D eigenvalue weighted by Gasteiger charge is -2.05. The molecule has 5 heteroatoms. The largest absolute Gasteiger partial charge is 0.480 e. The van der Waals surface area contributed by atoms with E-state index in [0.717, 1.165) is 33.0 Å². The van der Waals surface area contributed by atoms with Crippen LogP contribution in [0.4, 0.5) is 0 Å². The molecule has 0 aliphatic heterocycles. The van der Waals surface area contributed by atoms with Crippen molar-refractivity contribution in [1.82, 2.24) is 14.5 Å². The lowest BCUT2D eigenvalue weighted by Crippen LogP contribution is -2.09. The van der Waals surface area contributed by atoms with Crippen LogP contribution in [0, 0.1) is 13.8 Å². The monoisotopic (exact) mass is 305 g/mol. The number of hydrogen-bond acceptors (Lipinski definition) is 3. The third kappa shape index (κ3) is 2.04. The van der Waals surface area contributed by atoms with E-state index < -0.39 is 5.97 Å². The van der Waals surface area contributed by atoms with Gasteiger partial charge < -0.3 is 9.67 Å². The van der Waals surface area contributed by atoms with Crippen molar-refractivity contribution < 1.29 is 9.90 Å². The van der Waals surface area contributed by atoms with E-state index in [1.54, 1.807) is 4.57 Å². The van der Waals surface area contributed by atoms with Gasteiger partial charge in [-0.1, -0.05) is 18.2 Å². The van der Waals surface area contributed by atoms with Crippen molar-refractivity contribution in [2.75, 3.05) is 0 Å². The summed E-state index contributed by atoms with van der Waals surface area (Å²) in [6, 6.07) is 11.7. The minimum Gasteiger partial charge on any atom is -0.480 e. The molecule has 5 nitrogen and oxygen atoms in total. The number of benzene rings is 2. The average Bonchev–Trinajstić information content (AvgIpc) is 2.80. The van der Waals surface area contributed by atoms with Crippen molar-refractivity contribution in [3.8, 4) is 0 Å². The quantitative estimate of drug-likeness (QED) is 0.616. The van der Waals surface area contributed by atoms with Gasteiger partial charge in [0.15, 0.2) is 5.65 Å². The molecule has 2 heterocycles. The first-order valence-corrected chi connectivity index (χ1v) is 7.42. The minimum absolute atomic E-state index is 0.130. The number of rotatable bonds is 2. The van der Waals surface area contributed by atoms with E-state index in [-0.39, 0.29) is 6.54 Å². The number of carboxylic acids is 1. The van der Waals surface area contributed by atoms with Gasteiger partial charge in [-0.3, -0.25) is 4.79 Å². The molecule has 2 aromatic carbocycles. The van der Waals surface area contributed by atoms with Crippen LogP contribution in [0.5, 0.6) is 0 Å². The molecule has 2 aromatic heterocycles. The summed E-state index contributed by atoms with van der Waals surface area (Å²) in [5.41, 5.74) is 6.14. The fraction of sp³-hybridized carbons (Fsp3) is 0.167. The molecule has 4 aromatic rings. The van der Waals surface area contributed by atoms with Crippen molar-refractivity contribution >= 4 is 39.1 Å². The maximum atomic E-state index is 11.2. The zero-order chi connectivity index (χ0) is 16.1. The van der Waals surface area contributed by atoms with Crippen molar-refractivity contribution in [2.45, 2.75) is 20.4 Å². The number of fused-ring (bicyclic) bond motifs is 4. The maximum absolute atomic E-state index is 11.2. The summed E-state index contributed by atoms with van der Waals surface area (Å²) in [5.74, 6) is -0.894. The van der Waals surface area contributed by atoms with E-state index in [0.29, 0.717) is 5.65 Å². The van der Waals surface area contributed by atoms with Gasteiger partial charge in [-0.05, 0) is 43.2 Å². The predicted octanol–water partition coefficient (Wildman–Crippen LogP) is 3.44. The standard InChI is InChI=1S/C18H15N3O2/c1-10-7-13-14(8-11(10)2)20-18-17(19-13)12-5-3-4-6-15(12)21(18)9-16(22)23/h3-8H,9H2,1-2H3,(H,22,23). The number of aliphatic carboxylic acids is 1. The summed E-state index contributed by atoms with van der Waals surface area (Å²) >= 11 is 0. The molecule has 0 spiro atoms. The molecule has 0 unspecified atom stereocenters. The van der Waals surface area contributed by atoms with E-state index >= 15 is 0 Å². The summed E-state index contributed by atoms with van der Waals surface area (Å²) in [4.78, 5) is 20.7. The first-order valence-electron chi connectivity index (χ1n) is 7.42. The van der Waals surface area contributed by atoms with Crippen LogP contribution in [0.3, 0.4) is 0 Å². The van der Waals surface area contributed by atoms with Gasteiger partial charge in [-0.25, -0.2) is 9.97 Å². The number of nitrogens with zero attached hydrogens (tertiary/aromatic N) is 3. The first-order chi connectivity index (χ1) is 11.0. The fourth-order valence-corrected chi connectivity index (χ4v) is 2.99. The third-order valence-corrected chi connectivity index (χ3v) is 4.26. The fourth-order valence-electron chi connectivity index (χ4n) is 2.99. The van der Waals surface area contributed by atoms with E-state index in [4.69, 9.17) is 9.97 Å².